The number of hydrogen-bond donors (Lipinski definition) is 2. The number of anilines is 2. The van der Waals surface area contributed by atoms with Crippen LogP contribution in [0.1, 0.15) is 68.2 Å². The van der Waals surface area contributed by atoms with E-state index in [2.05, 4.69) is 57.8 Å². The number of aryl methyl sites for hydroxylation is 1. The molecule has 5 rings (SSSR count). The fourth-order valence-corrected chi connectivity index (χ4v) is 4.89. The van der Waals surface area contributed by atoms with Crippen LogP contribution in [-0.4, -0.2) is 31.5 Å². The summed E-state index contributed by atoms with van der Waals surface area (Å²) in [5.74, 6) is -0.573. The molecule has 2 N–H and O–H groups in total. The highest BCUT2D eigenvalue weighted by atomic mass is 35.5. The molecule has 1 aliphatic rings. The molecule has 3 aromatic heterocycles. The van der Waals surface area contributed by atoms with Crippen LogP contribution in [-0.2, 0) is 0 Å². The van der Waals surface area contributed by atoms with Crippen LogP contribution in [0.15, 0.2) is 30.5 Å². The molecule has 1 aromatic carbocycles. The van der Waals surface area contributed by atoms with Gasteiger partial charge in [-0.15, -0.1) is 5.10 Å². The first kappa shape index (κ1) is 26.1. The topological polar surface area (TPSA) is 104 Å². The van der Waals surface area contributed by atoms with Gasteiger partial charge >= 0.3 is 0 Å². The Labute approximate surface area is 230 Å². The predicted molar refractivity (Wildman–Crippen MR) is 147 cm³/mol. The Balaban J connectivity index is 1.62. The summed E-state index contributed by atoms with van der Waals surface area (Å²) >= 11 is 13.4. The molecular formula is C27H27Cl2FN8. The third-order valence-corrected chi connectivity index (χ3v) is 7.04. The molecule has 1 aliphatic carbocycles. The van der Waals surface area contributed by atoms with Gasteiger partial charge in [-0.2, -0.15) is 9.65 Å². The third kappa shape index (κ3) is 5.24. The number of nitrogens with zero attached hydrogens (tertiary/aromatic N) is 6. The summed E-state index contributed by atoms with van der Waals surface area (Å²) in [6, 6.07) is 8.49. The van der Waals surface area contributed by atoms with E-state index in [1.54, 1.807) is 23.7 Å². The van der Waals surface area contributed by atoms with Crippen molar-refractivity contribution < 1.29 is 4.39 Å². The minimum absolute atomic E-state index is 0.0235. The highest BCUT2D eigenvalue weighted by molar-refractivity contribution is 6.36. The lowest BCUT2D eigenvalue weighted by atomic mass is 9.96. The SMILES string of the molecule is Cc1nc(F)ccc1[C@H](Nc1cc(Cl)c2ncc(C#N)c(NCC(C)(C)C)c2c1)c1nnn(C2CC2)c1Cl. The normalized spacial score (nSPS) is 14.4. The van der Waals surface area contributed by atoms with Gasteiger partial charge in [0, 0.05) is 35.1 Å². The van der Waals surface area contributed by atoms with Crippen molar-refractivity contribution in [3.63, 3.8) is 0 Å². The van der Waals surface area contributed by atoms with Gasteiger partial charge in [0.25, 0.3) is 0 Å². The Morgan fingerprint density at radius 3 is 2.66 bits per heavy atom. The molecule has 0 radical (unpaired) electrons. The van der Waals surface area contributed by atoms with Crippen LogP contribution in [0.3, 0.4) is 0 Å². The van der Waals surface area contributed by atoms with E-state index in [-0.39, 0.29) is 11.5 Å². The van der Waals surface area contributed by atoms with E-state index in [9.17, 15) is 9.65 Å². The van der Waals surface area contributed by atoms with Crippen molar-refractivity contribution in [3.05, 3.63) is 69.1 Å². The van der Waals surface area contributed by atoms with Crippen molar-refractivity contribution in [2.45, 2.75) is 52.6 Å². The lowest BCUT2D eigenvalue weighted by Gasteiger charge is -2.23. The molecule has 8 nitrogen and oxygen atoms in total. The standard InChI is InChI=1S/C27H27Cl2FN8/c1-14-18(7-8-21(30)34-14)24(25-26(29)38(37-36-25)17-5-6-17)35-16-9-19-22(33-13-27(2,3)4)15(11-31)12-32-23(19)20(28)10-16/h7-10,12,17,24,35H,5-6,13H2,1-4H3,(H,32,33)/t24-/m0/s1. The molecule has 0 unspecified atom stereocenters. The van der Waals surface area contributed by atoms with E-state index >= 15 is 0 Å². The van der Waals surface area contributed by atoms with Crippen molar-refractivity contribution >= 4 is 45.5 Å². The van der Waals surface area contributed by atoms with E-state index in [1.807, 2.05) is 6.07 Å². The maximum atomic E-state index is 13.9. The third-order valence-electron chi connectivity index (χ3n) is 6.38. The first-order chi connectivity index (χ1) is 18.1. The van der Waals surface area contributed by atoms with Crippen LogP contribution < -0.4 is 10.6 Å². The molecular weight excluding hydrogens is 526 g/mol. The molecule has 3 heterocycles. The molecule has 1 saturated carbocycles. The van der Waals surface area contributed by atoms with Gasteiger partial charge in [-0.3, -0.25) is 4.98 Å². The molecule has 0 bridgehead atoms. The molecule has 0 aliphatic heterocycles. The minimum atomic E-state index is -0.588. The summed E-state index contributed by atoms with van der Waals surface area (Å²) in [5.41, 5.74) is 3.96. The molecule has 38 heavy (non-hydrogen) atoms. The number of fused-ring (bicyclic) bond motifs is 1. The summed E-state index contributed by atoms with van der Waals surface area (Å²) in [6.07, 6.45) is 3.52. The van der Waals surface area contributed by atoms with Crippen molar-refractivity contribution in [2.75, 3.05) is 17.2 Å². The average molecular weight is 553 g/mol. The second-order valence-corrected chi connectivity index (χ2v) is 11.5. The lowest BCUT2D eigenvalue weighted by molar-refractivity contribution is 0.443. The van der Waals surface area contributed by atoms with E-state index < -0.39 is 12.0 Å². The Kier molecular flexibility index (Phi) is 6.88. The highest BCUT2D eigenvalue weighted by Gasteiger charge is 2.32. The van der Waals surface area contributed by atoms with E-state index in [0.717, 1.165) is 12.8 Å². The zero-order valence-electron chi connectivity index (χ0n) is 21.5. The number of pyridine rings is 2. The number of aromatic nitrogens is 5. The van der Waals surface area contributed by atoms with E-state index in [4.69, 9.17) is 23.2 Å². The highest BCUT2D eigenvalue weighted by Crippen LogP contribution is 2.40. The van der Waals surface area contributed by atoms with Crippen LogP contribution >= 0.6 is 23.2 Å². The Bertz CT molecular complexity index is 1570. The molecule has 11 heteroatoms. The van der Waals surface area contributed by atoms with Gasteiger partial charge < -0.3 is 10.6 Å². The maximum Gasteiger partial charge on any atom is 0.213 e. The number of nitriles is 1. The molecule has 1 fully saturated rings. The number of nitrogens with one attached hydrogen (secondary N) is 2. The van der Waals surface area contributed by atoms with Crippen molar-refractivity contribution in [3.8, 4) is 6.07 Å². The van der Waals surface area contributed by atoms with Gasteiger partial charge in [-0.05, 0) is 43.4 Å². The Morgan fingerprint density at radius 1 is 1.24 bits per heavy atom. The van der Waals surface area contributed by atoms with Crippen LogP contribution in [0, 0.1) is 29.6 Å². The minimum Gasteiger partial charge on any atom is -0.383 e. The van der Waals surface area contributed by atoms with Crippen molar-refractivity contribution in [1.82, 2.24) is 25.0 Å². The summed E-state index contributed by atoms with van der Waals surface area (Å²) in [6.45, 7) is 8.70. The maximum absolute atomic E-state index is 13.9. The molecule has 4 aromatic rings. The predicted octanol–water partition coefficient (Wildman–Crippen LogP) is 6.84. The molecule has 196 valence electrons. The number of rotatable bonds is 7. The van der Waals surface area contributed by atoms with Gasteiger partial charge in [0.1, 0.15) is 17.8 Å². The van der Waals surface area contributed by atoms with Gasteiger partial charge in [0.2, 0.25) is 5.95 Å². The summed E-state index contributed by atoms with van der Waals surface area (Å²) in [7, 11) is 0. The first-order valence-corrected chi connectivity index (χ1v) is 13.1. The van der Waals surface area contributed by atoms with Gasteiger partial charge in [-0.25, -0.2) is 9.67 Å². The van der Waals surface area contributed by atoms with Crippen LogP contribution in [0.5, 0.6) is 0 Å². The van der Waals surface area contributed by atoms with Crippen molar-refractivity contribution in [2.24, 2.45) is 5.41 Å². The number of halogens is 3. The van der Waals surface area contributed by atoms with Gasteiger partial charge in [0.05, 0.1) is 27.8 Å². The average Bonchev–Trinajstić information content (AvgIpc) is 3.62. The number of benzene rings is 1. The smallest absolute Gasteiger partial charge is 0.213 e. The summed E-state index contributed by atoms with van der Waals surface area (Å²) < 4.78 is 15.6. The molecule has 0 amide bonds. The van der Waals surface area contributed by atoms with Gasteiger partial charge in [0.15, 0.2) is 5.15 Å². The zero-order valence-corrected chi connectivity index (χ0v) is 23.0. The lowest BCUT2D eigenvalue weighted by Crippen LogP contribution is -2.20. The summed E-state index contributed by atoms with van der Waals surface area (Å²) in [5, 5.41) is 26.9. The van der Waals surface area contributed by atoms with E-state index in [1.165, 1.54) is 12.3 Å². The zero-order chi connectivity index (χ0) is 27.2. The van der Waals surface area contributed by atoms with E-state index in [0.29, 0.717) is 61.5 Å². The van der Waals surface area contributed by atoms with Crippen LogP contribution in [0.2, 0.25) is 10.2 Å². The fraction of sp³-hybridized carbons (Fsp3) is 0.370. The van der Waals surface area contributed by atoms with Crippen molar-refractivity contribution in [1.29, 1.82) is 5.26 Å². The van der Waals surface area contributed by atoms with Crippen LogP contribution in [0.25, 0.3) is 10.9 Å². The second-order valence-electron chi connectivity index (χ2n) is 10.8. The first-order valence-electron chi connectivity index (χ1n) is 12.3. The largest absolute Gasteiger partial charge is 0.383 e. The Hall–Kier alpha value is -3.48. The Morgan fingerprint density at radius 2 is 2.00 bits per heavy atom. The second kappa shape index (κ2) is 10.0. The number of hydrogen-bond acceptors (Lipinski definition) is 7. The molecule has 0 spiro atoms. The van der Waals surface area contributed by atoms with Gasteiger partial charge in [-0.1, -0.05) is 55.3 Å². The molecule has 0 saturated heterocycles. The monoisotopic (exact) mass is 552 g/mol. The quantitative estimate of drug-likeness (QED) is 0.242. The summed E-state index contributed by atoms with van der Waals surface area (Å²) in [4.78, 5) is 8.45. The van der Waals surface area contributed by atoms with Crippen LogP contribution in [0.4, 0.5) is 15.8 Å². The fourth-order valence-electron chi connectivity index (χ4n) is 4.30. The molecule has 1 atom stereocenters.